The summed E-state index contributed by atoms with van der Waals surface area (Å²) in [6.07, 6.45) is -0.370. The van der Waals surface area contributed by atoms with Crippen molar-refractivity contribution in [2.24, 2.45) is 0 Å². The van der Waals surface area contributed by atoms with Gasteiger partial charge in [-0.05, 0) is 12.0 Å². The maximum atomic E-state index is 10.2. The molecule has 1 aromatic carbocycles. The lowest BCUT2D eigenvalue weighted by molar-refractivity contribution is -0.0511. The molecule has 0 amide bonds. The van der Waals surface area contributed by atoms with Gasteiger partial charge < -0.3 is 25.4 Å². The smallest absolute Gasteiger partial charge is 0.167 e. The molecule has 1 aliphatic heterocycles. The number of hydrogen-bond acceptors (Lipinski definition) is 8. The molecule has 3 aromatic rings. The van der Waals surface area contributed by atoms with Gasteiger partial charge in [0.05, 0.1) is 12.9 Å². The lowest BCUT2D eigenvalue weighted by Crippen LogP contribution is -2.33. The van der Waals surface area contributed by atoms with Crippen LogP contribution in [0.3, 0.4) is 0 Å². The first-order valence-electron chi connectivity index (χ1n) is 8.77. The molecular formula is C18H21N5O4. The molecule has 0 radical (unpaired) electrons. The average molecular weight is 371 g/mol. The van der Waals surface area contributed by atoms with Crippen molar-refractivity contribution in [2.75, 3.05) is 18.5 Å². The molecule has 0 spiro atoms. The molecule has 0 saturated carbocycles. The van der Waals surface area contributed by atoms with E-state index in [4.69, 9.17) is 4.74 Å². The minimum Gasteiger partial charge on any atom is -0.394 e. The van der Waals surface area contributed by atoms with E-state index in [2.05, 4.69) is 32.4 Å². The van der Waals surface area contributed by atoms with Gasteiger partial charge in [0, 0.05) is 6.54 Å². The number of fused-ring (bicyclic) bond motifs is 1. The van der Waals surface area contributed by atoms with Gasteiger partial charge in [-0.15, -0.1) is 0 Å². The normalized spacial score (nSPS) is 25.1. The van der Waals surface area contributed by atoms with Crippen LogP contribution in [0.25, 0.3) is 11.2 Å². The standard InChI is InChI=1S/C18H21N5O4/c24-8-12-14(25)15(26)18(27-12)23-10-22-13-16(20-9-21-17(13)23)19-7-6-11-4-2-1-3-5-11/h1-5,9-10,12,14-15,18,24-26H,6-8H2,(H,19,20,21)/t12-,14+,15-,18+/m0/s1. The minimum absolute atomic E-state index is 0.386. The van der Waals surface area contributed by atoms with Crippen LogP contribution < -0.4 is 5.32 Å². The SMILES string of the molecule is OC[C@@H]1O[C@@H](n2cnc3c(NCCc4ccccc4)ncnc32)[C@@H](O)[C@@H]1O. The second-order valence-corrected chi connectivity index (χ2v) is 6.44. The van der Waals surface area contributed by atoms with Gasteiger partial charge >= 0.3 is 0 Å². The fraction of sp³-hybridized carbons (Fsp3) is 0.389. The molecule has 9 nitrogen and oxygen atoms in total. The van der Waals surface area contributed by atoms with Gasteiger partial charge in [-0.3, -0.25) is 4.57 Å². The summed E-state index contributed by atoms with van der Waals surface area (Å²) in [4.78, 5) is 12.8. The summed E-state index contributed by atoms with van der Waals surface area (Å²) in [7, 11) is 0. The van der Waals surface area contributed by atoms with Gasteiger partial charge in [0.25, 0.3) is 0 Å². The molecule has 0 bridgehead atoms. The van der Waals surface area contributed by atoms with E-state index in [0.29, 0.717) is 23.5 Å². The van der Waals surface area contributed by atoms with Gasteiger partial charge in [-0.1, -0.05) is 30.3 Å². The van der Waals surface area contributed by atoms with Crippen LogP contribution in [0.15, 0.2) is 43.0 Å². The summed E-state index contributed by atoms with van der Waals surface area (Å²) in [5.74, 6) is 0.585. The van der Waals surface area contributed by atoms with Crippen molar-refractivity contribution in [3.63, 3.8) is 0 Å². The first kappa shape index (κ1) is 17.8. The van der Waals surface area contributed by atoms with E-state index in [1.807, 2.05) is 18.2 Å². The molecule has 1 aliphatic rings. The van der Waals surface area contributed by atoms with E-state index in [9.17, 15) is 15.3 Å². The maximum absolute atomic E-state index is 10.2. The van der Waals surface area contributed by atoms with Crippen molar-refractivity contribution in [3.05, 3.63) is 48.5 Å². The molecule has 27 heavy (non-hydrogen) atoms. The molecule has 3 heterocycles. The molecule has 0 unspecified atom stereocenters. The highest BCUT2D eigenvalue weighted by atomic mass is 16.6. The summed E-state index contributed by atoms with van der Waals surface area (Å²) in [5, 5.41) is 32.7. The number of ether oxygens (including phenoxy) is 1. The molecular weight excluding hydrogens is 350 g/mol. The predicted molar refractivity (Wildman–Crippen MR) is 97.0 cm³/mol. The Bertz CT molecular complexity index is 903. The number of hydrogen-bond donors (Lipinski definition) is 4. The van der Waals surface area contributed by atoms with Gasteiger partial charge in [-0.25, -0.2) is 15.0 Å². The van der Waals surface area contributed by atoms with E-state index in [1.54, 1.807) is 4.57 Å². The fourth-order valence-corrected chi connectivity index (χ4v) is 3.25. The summed E-state index contributed by atoms with van der Waals surface area (Å²) in [6, 6.07) is 10.1. The van der Waals surface area contributed by atoms with Gasteiger partial charge in [0.1, 0.15) is 24.6 Å². The predicted octanol–water partition coefficient (Wildman–Crippen LogP) is 0.0924. The Balaban J connectivity index is 1.53. The number of nitrogens with one attached hydrogen (secondary N) is 1. The summed E-state index contributed by atoms with van der Waals surface area (Å²) < 4.78 is 7.10. The van der Waals surface area contributed by atoms with Crippen LogP contribution in [-0.4, -0.2) is 66.3 Å². The second kappa shape index (κ2) is 7.57. The Kier molecular flexibility index (Phi) is 4.99. The van der Waals surface area contributed by atoms with Crippen molar-refractivity contribution in [1.82, 2.24) is 19.5 Å². The summed E-state index contributed by atoms with van der Waals surface area (Å²) in [5.41, 5.74) is 2.23. The number of rotatable bonds is 6. The Labute approximate surface area is 155 Å². The Morgan fingerprint density at radius 1 is 1.07 bits per heavy atom. The summed E-state index contributed by atoms with van der Waals surface area (Å²) >= 11 is 0. The van der Waals surface area contributed by atoms with Crippen LogP contribution >= 0.6 is 0 Å². The zero-order valence-electron chi connectivity index (χ0n) is 14.5. The molecule has 142 valence electrons. The molecule has 1 saturated heterocycles. The fourth-order valence-electron chi connectivity index (χ4n) is 3.25. The number of anilines is 1. The van der Waals surface area contributed by atoms with Crippen LogP contribution in [0.4, 0.5) is 5.82 Å². The highest BCUT2D eigenvalue weighted by molar-refractivity contribution is 5.82. The van der Waals surface area contributed by atoms with Crippen molar-refractivity contribution in [2.45, 2.75) is 31.0 Å². The largest absolute Gasteiger partial charge is 0.394 e. The van der Waals surface area contributed by atoms with E-state index >= 15 is 0 Å². The third-order valence-electron chi connectivity index (χ3n) is 4.70. The molecule has 4 atom stereocenters. The minimum atomic E-state index is -1.19. The topological polar surface area (TPSA) is 126 Å². The zero-order valence-corrected chi connectivity index (χ0v) is 14.5. The first-order chi connectivity index (χ1) is 13.2. The molecule has 9 heteroatoms. The highest BCUT2D eigenvalue weighted by Gasteiger charge is 2.44. The van der Waals surface area contributed by atoms with Crippen LogP contribution in [0.2, 0.25) is 0 Å². The van der Waals surface area contributed by atoms with Gasteiger partial charge in [0.15, 0.2) is 23.2 Å². The number of aliphatic hydroxyl groups excluding tert-OH is 3. The monoisotopic (exact) mass is 371 g/mol. The first-order valence-corrected chi connectivity index (χ1v) is 8.77. The van der Waals surface area contributed by atoms with E-state index in [-0.39, 0.29) is 6.61 Å². The summed E-state index contributed by atoms with van der Waals surface area (Å²) in [6.45, 7) is 0.291. The van der Waals surface area contributed by atoms with Crippen LogP contribution in [-0.2, 0) is 11.2 Å². The molecule has 0 aliphatic carbocycles. The highest BCUT2D eigenvalue weighted by Crippen LogP contribution is 2.32. The number of aromatic nitrogens is 4. The molecule has 4 rings (SSSR count). The lowest BCUT2D eigenvalue weighted by Gasteiger charge is -2.16. The van der Waals surface area contributed by atoms with Crippen molar-refractivity contribution in [3.8, 4) is 0 Å². The third-order valence-corrected chi connectivity index (χ3v) is 4.70. The average Bonchev–Trinajstić information content (AvgIpc) is 3.25. The van der Waals surface area contributed by atoms with Gasteiger partial charge in [-0.2, -0.15) is 0 Å². The van der Waals surface area contributed by atoms with E-state index < -0.39 is 24.5 Å². The quantitative estimate of drug-likeness (QED) is 0.480. The number of benzene rings is 1. The van der Waals surface area contributed by atoms with Crippen molar-refractivity contribution >= 4 is 17.0 Å². The van der Waals surface area contributed by atoms with Crippen molar-refractivity contribution < 1.29 is 20.1 Å². The number of nitrogens with zero attached hydrogens (tertiary/aromatic N) is 4. The van der Waals surface area contributed by atoms with Crippen LogP contribution in [0, 0.1) is 0 Å². The lowest BCUT2D eigenvalue weighted by atomic mass is 10.1. The van der Waals surface area contributed by atoms with Crippen LogP contribution in [0.1, 0.15) is 11.8 Å². The maximum Gasteiger partial charge on any atom is 0.167 e. The third kappa shape index (κ3) is 3.37. The number of imidazole rings is 1. The van der Waals surface area contributed by atoms with Gasteiger partial charge in [0.2, 0.25) is 0 Å². The zero-order chi connectivity index (χ0) is 18.8. The molecule has 4 N–H and O–H groups in total. The Morgan fingerprint density at radius 2 is 1.89 bits per heavy atom. The van der Waals surface area contributed by atoms with Crippen molar-refractivity contribution in [1.29, 1.82) is 0 Å². The molecule has 2 aromatic heterocycles. The number of aliphatic hydroxyl groups is 3. The van der Waals surface area contributed by atoms with E-state index in [1.165, 1.54) is 18.2 Å². The Morgan fingerprint density at radius 3 is 2.63 bits per heavy atom. The Hall–Kier alpha value is -2.59. The molecule has 1 fully saturated rings. The van der Waals surface area contributed by atoms with Crippen LogP contribution in [0.5, 0.6) is 0 Å². The second-order valence-electron chi connectivity index (χ2n) is 6.44. The van der Waals surface area contributed by atoms with E-state index in [0.717, 1.165) is 6.42 Å².